The first kappa shape index (κ1) is 19.9. The summed E-state index contributed by atoms with van der Waals surface area (Å²) in [5.41, 5.74) is 0.858. The minimum Gasteiger partial charge on any atom is -0.497 e. The standard InChI is InChI=1S/C21H25N3O3S/c1-24-10-9-22-21(24)20(15-12-16(26-2)14-17(13-15)27-3)23-19(25)8-4-6-18-7-5-11-28-18/h5,7,9-14,20H,4,6,8H2,1-3H3,(H,23,25). The third-order valence-electron chi connectivity index (χ3n) is 4.54. The van der Waals surface area contributed by atoms with Crippen molar-refractivity contribution in [3.63, 3.8) is 0 Å². The number of hydrogen-bond acceptors (Lipinski definition) is 5. The van der Waals surface area contributed by atoms with Gasteiger partial charge in [0.15, 0.2) is 0 Å². The van der Waals surface area contributed by atoms with E-state index >= 15 is 0 Å². The number of aromatic nitrogens is 2. The molecule has 0 aliphatic heterocycles. The Labute approximate surface area is 169 Å². The average Bonchev–Trinajstić information content (AvgIpc) is 3.37. The largest absolute Gasteiger partial charge is 0.497 e. The van der Waals surface area contributed by atoms with Gasteiger partial charge in [0.1, 0.15) is 23.4 Å². The van der Waals surface area contributed by atoms with E-state index in [0.29, 0.717) is 17.9 Å². The molecular formula is C21H25N3O3S. The Bertz CT molecular complexity index is 883. The van der Waals surface area contributed by atoms with E-state index in [9.17, 15) is 4.79 Å². The first-order valence-electron chi connectivity index (χ1n) is 9.12. The maximum atomic E-state index is 12.7. The van der Waals surface area contributed by atoms with E-state index in [-0.39, 0.29) is 5.91 Å². The van der Waals surface area contributed by atoms with Crippen LogP contribution in [-0.2, 0) is 18.3 Å². The van der Waals surface area contributed by atoms with Crippen molar-refractivity contribution in [1.82, 2.24) is 14.9 Å². The van der Waals surface area contributed by atoms with Gasteiger partial charge in [0.05, 0.1) is 14.2 Å². The van der Waals surface area contributed by atoms with Crippen LogP contribution in [-0.4, -0.2) is 29.7 Å². The number of rotatable bonds is 9. The SMILES string of the molecule is COc1cc(OC)cc(C(NC(=O)CCCc2cccs2)c2nccn2C)c1. The molecule has 1 atom stereocenters. The maximum Gasteiger partial charge on any atom is 0.220 e. The maximum absolute atomic E-state index is 12.7. The monoisotopic (exact) mass is 399 g/mol. The summed E-state index contributed by atoms with van der Waals surface area (Å²) in [6.07, 6.45) is 5.76. The van der Waals surface area contributed by atoms with Gasteiger partial charge in [-0.05, 0) is 42.0 Å². The predicted octanol–water partition coefficient (Wildman–Crippen LogP) is 3.73. The van der Waals surface area contributed by atoms with Crippen LogP contribution in [0, 0.1) is 0 Å². The van der Waals surface area contributed by atoms with Gasteiger partial charge in [0.2, 0.25) is 5.91 Å². The van der Waals surface area contributed by atoms with Crippen molar-refractivity contribution in [3.8, 4) is 11.5 Å². The van der Waals surface area contributed by atoms with Gasteiger partial charge in [0, 0.05) is 36.8 Å². The molecule has 0 saturated heterocycles. The molecule has 0 fully saturated rings. The van der Waals surface area contributed by atoms with Crippen LogP contribution in [0.4, 0.5) is 0 Å². The van der Waals surface area contributed by atoms with Gasteiger partial charge in [-0.25, -0.2) is 4.98 Å². The number of imidazole rings is 1. The predicted molar refractivity (Wildman–Crippen MR) is 110 cm³/mol. The third kappa shape index (κ3) is 4.92. The van der Waals surface area contributed by atoms with Crippen molar-refractivity contribution < 1.29 is 14.3 Å². The van der Waals surface area contributed by atoms with Gasteiger partial charge >= 0.3 is 0 Å². The molecular weight excluding hydrogens is 374 g/mol. The van der Waals surface area contributed by atoms with Crippen LogP contribution in [0.15, 0.2) is 48.1 Å². The number of ether oxygens (including phenoxy) is 2. The molecule has 1 amide bonds. The van der Waals surface area contributed by atoms with Crippen LogP contribution < -0.4 is 14.8 Å². The first-order valence-corrected chi connectivity index (χ1v) is 10.0. The van der Waals surface area contributed by atoms with Gasteiger partial charge in [-0.1, -0.05) is 6.07 Å². The topological polar surface area (TPSA) is 65.4 Å². The van der Waals surface area contributed by atoms with Gasteiger partial charge in [-0.15, -0.1) is 11.3 Å². The number of carbonyl (C=O) groups excluding carboxylic acids is 1. The lowest BCUT2D eigenvalue weighted by atomic mass is 10.0. The molecule has 2 aromatic heterocycles. The molecule has 0 bridgehead atoms. The highest BCUT2D eigenvalue weighted by molar-refractivity contribution is 7.09. The summed E-state index contributed by atoms with van der Waals surface area (Å²) in [7, 11) is 5.13. The lowest BCUT2D eigenvalue weighted by Gasteiger charge is -2.20. The van der Waals surface area contributed by atoms with E-state index < -0.39 is 6.04 Å². The number of nitrogens with zero attached hydrogens (tertiary/aromatic N) is 2. The van der Waals surface area contributed by atoms with Crippen molar-refractivity contribution >= 4 is 17.2 Å². The summed E-state index contributed by atoms with van der Waals surface area (Å²) in [5, 5.41) is 5.19. The molecule has 0 aliphatic rings. The Morgan fingerprint density at radius 2 is 2.00 bits per heavy atom. The summed E-state index contributed by atoms with van der Waals surface area (Å²) in [6, 6.07) is 9.34. The van der Waals surface area contributed by atoms with E-state index in [1.54, 1.807) is 31.8 Å². The Kier molecular flexibility index (Phi) is 6.71. The quantitative estimate of drug-likeness (QED) is 0.595. The van der Waals surface area contributed by atoms with Crippen LogP contribution in [0.25, 0.3) is 0 Å². The molecule has 1 unspecified atom stereocenters. The fourth-order valence-corrected chi connectivity index (χ4v) is 3.81. The second kappa shape index (κ2) is 9.41. The zero-order chi connectivity index (χ0) is 19.9. The number of benzene rings is 1. The van der Waals surface area contributed by atoms with Gasteiger partial charge in [0.25, 0.3) is 0 Å². The minimum absolute atomic E-state index is 0.00802. The molecule has 0 saturated carbocycles. The molecule has 1 aromatic carbocycles. The molecule has 3 rings (SSSR count). The molecule has 0 radical (unpaired) electrons. The first-order chi connectivity index (χ1) is 13.6. The molecule has 3 aromatic rings. The highest BCUT2D eigenvalue weighted by Gasteiger charge is 2.22. The molecule has 148 valence electrons. The number of nitrogens with one attached hydrogen (secondary N) is 1. The highest BCUT2D eigenvalue weighted by atomic mass is 32.1. The second-order valence-electron chi connectivity index (χ2n) is 6.48. The summed E-state index contributed by atoms with van der Waals surface area (Å²) in [4.78, 5) is 18.4. The van der Waals surface area contributed by atoms with Crippen molar-refractivity contribution in [2.75, 3.05) is 14.2 Å². The molecule has 28 heavy (non-hydrogen) atoms. The van der Waals surface area contributed by atoms with Crippen molar-refractivity contribution in [2.45, 2.75) is 25.3 Å². The lowest BCUT2D eigenvalue weighted by molar-refractivity contribution is -0.121. The molecule has 1 N–H and O–H groups in total. The fraction of sp³-hybridized carbons (Fsp3) is 0.333. The van der Waals surface area contributed by atoms with Gasteiger partial charge in [-0.2, -0.15) is 0 Å². The number of amides is 1. The zero-order valence-corrected chi connectivity index (χ0v) is 17.2. The summed E-state index contributed by atoms with van der Waals surface area (Å²) in [5.74, 6) is 2.08. The number of hydrogen-bond donors (Lipinski definition) is 1. The van der Waals surface area contributed by atoms with Crippen LogP contribution in [0.1, 0.15) is 35.1 Å². The van der Waals surface area contributed by atoms with E-state index in [2.05, 4.69) is 21.7 Å². The van der Waals surface area contributed by atoms with Gasteiger partial charge < -0.3 is 19.4 Å². The molecule has 0 aliphatic carbocycles. The van der Waals surface area contributed by atoms with Crippen molar-refractivity contribution in [2.24, 2.45) is 7.05 Å². The Hall–Kier alpha value is -2.80. The summed E-state index contributed by atoms with van der Waals surface area (Å²) < 4.78 is 12.7. The summed E-state index contributed by atoms with van der Waals surface area (Å²) >= 11 is 1.72. The minimum atomic E-state index is -0.391. The highest BCUT2D eigenvalue weighted by Crippen LogP contribution is 2.29. The number of aryl methyl sites for hydroxylation is 2. The third-order valence-corrected chi connectivity index (χ3v) is 5.47. The lowest BCUT2D eigenvalue weighted by Crippen LogP contribution is -2.31. The van der Waals surface area contributed by atoms with Crippen LogP contribution in [0.3, 0.4) is 0 Å². The van der Waals surface area contributed by atoms with E-state index in [1.807, 2.05) is 42.1 Å². The molecule has 0 spiro atoms. The second-order valence-corrected chi connectivity index (χ2v) is 7.51. The molecule has 7 heteroatoms. The Morgan fingerprint density at radius 3 is 2.57 bits per heavy atom. The van der Waals surface area contributed by atoms with Crippen LogP contribution >= 0.6 is 11.3 Å². The molecule has 2 heterocycles. The Balaban J connectivity index is 1.78. The number of thiophene rings is 1. The average molecular weight is 400 g/mol. The van der Waals surface area contributed by atoms with Crippen LogP contribution in [0.5, 0.6) is 11.5 Å². The van der Waals surface area contributed by atoms with Crippen molar-refractivity contribution in [3.05, 3.63) is 64.4 Å². The Morgan fingerprint density at radius 1 is 1.25 bits per heavy atom. The normalized spacial score (nSPS) is 11.8. The van der Waals surface area contributed by atoms with E-state index in [4.69, 9.17) is 9.47 Å². The number of methoxy groups -OCH3 is 2. The van der Waals surface area contributed by atoms with Crippen molar-refractivity contribution in [1.29, 1.82) is 0 Å². The zero-order valence-electron chi connectivity index (χ0n) is 16.3. The van der Waals surface area contributed by atoms with E-state index in [1.165, 1.54) is 4.88 Å². The number of carbonyl (C=O) groups is 1. The van der Waals surface area contributed by atoms with Gasteiger partial charge in [-0.3, -0.25) is 4.79 Å². The fourth-order valence-electron chi connectivity index (χ4n) is 3.06. The van der Waals surface area contributed by atoms with Crippen LogP contribution in [0.2, 0.25) is 0 Å². The van der Waals surface area contributed by atoms with E-state index in [0.717, 1.165) is 24.2 Å². The summed E-state index contributed by atoms with van der Waals surface area (Å²) in [6.45, 7) is 0. The smallest absolute Gasteiger partial charge is 0.220 e. The molecule has 6 nitrogen and oxygen atoms in total.